The van der Waals surface area contributed by atoms with Crippen LogP contribution in [0.1, 0.15) is 23.6 Å². The zero-order chi connectivity index (χ0) is 17.9. The summed E-state index contributed by atoms with van der Waals surface area (Å²) in [6, 6.07) is 17.8. The largest absolute Gasteiger partial charge is 0.369 e. The number of nitrogens with one attached hydrogen (secondary N) is 1. The second-order valence-corrected chi connectivity index (χ2v) is 7.27. The van der Waals surface area contributed by atoms with E-state index in [0.717, 1.165) is 26.1 Å². The van der Waals surface area contributed by atoms with Crippen LogP contribution in [0.15, 0.2) is 60.9 Å². The number of rotatable bonds is 6. The third-order valence-corrected chi connectivity index (χ3v) is 5.41. The standard InChI is InChI=1S/C23H27N3/c1-18(26-14-12-19-7-3-4-8-20(19)17-26)15-24-13-11-21-16-25(2)23-10-6-5-9-22(21)23/h3-10,12,14,16,18,24H,11,13,15,17H2,1-2H3/t18-/m1/s1. The lowest BCUT2D eigenvalue weighted by Gasteiger charge is -2.31. The normalized spacial score (nSPS) is 14.6. The van der Waals surface area contributed by atoms with Crippen molar-refractivity contribution in [3.63, 3.8) is 0 Å². The van der Waals surface area contributed by atoms with Gasteiger partial charge in [-0.15, -0.1) is 0 Å². The first kappa shape index (κ1) is 16.9. The van der Waals surface area contributed by atoms with Crippen LogP contribution in [0.2, 0.25) is 0 Å². The minimum Gasteiger partial charge on any atom is -0.369 e. The molecule has 3 nitrogen and oxygen atoms in total. The minimum atomic E-state index is 0.479. The molecule has 0 saturated heterocycles. The van der Waals surface area contributed by atoms with E-state index in [-0.39, 0.29) is 0 Å². The van der Waals surface area contributed by atoms with Gasteiger partial charge in [0.25, 0.3) is 0 Å². The summed E-state index contributed by atoms with van der Waals surface area (Å²) < 4.78 is 2.23. The van der Waals surface area contributed by atoms with Crippen LogP contribution in [-0.4, -0.2) is 28.6 Å². The predicted molar refractivity (Wildman–Crippen MR) is 110 cm³/mol. The maximum Gasteiger partial charge on any atom is 0.0480 e. The molecule has 0 unspecified atom stereocenters. The lowest BCUT2D eigenvalue weighted by Crippen LogP contribution is -2.38. The van der Waals surface area contributed by atoms with Gasteiger partial charge in [0.2, 0.25) is 0 Å². The molecule has 1 aliphatic rings. The molecular weight excluding hydrogens is 318 g/mol. The number of para-hydroxylation sites is 1. The molecule has 0 aliphatic carbocycles. The first-order chi connectivity index (χ1) is 12.7. The molecule has 0 saturated carbocycles. The summed E-state index contributed by atoms with van der Waals surface area (Å²) in [5, 5.41) is 5.02. The molecule has 2 aromatic carbocycles. The lowest BCUT2D eigenvalue weighted by atomic mass is 10.0. The van der Waals surface area contributed by atoms with Crippen molar-refractivity contribution in [3.05, 3.63) is 77.6 Å². The third-order valence-electron chi connectivity index (χ3n) is 5.41. The minimum absolute atomic E-state index is 0.479. The molecule has 134 valence electrons. The predicted octanol–water partition coefficient (Wildman–Crippen LogP) is 4.19. The van der Waals surface area contributed by atoms with Crippen LogP contribution in [0.25, 0.3) is 17.0 Å². The fourth-order valence-corrected chi connectivity index (χ4v) is 3.85. The van der Waals surface area contributed by atoms with Crippen LogP contribution >= 0.6 is 0 Å². The van der Waals surface area contributed by atoms with Crippen molar-refractivity contribution in [2.24, 2.45) is 7.05 Å². The maximum absolute atomic E-state index is 3.64. The molecular formula is C23H27N3. The van der Waals surface area contributed by atoms with Gasteiger partial charge in [-0.2, -0.15) is 0 Å². The molecule has 0 spiro atoms. The first-order valence-corrected chi connectivity index (χ1v) is 9.48. The molecule has 0 bridgehead atoms. The van der Waals surface area contributed by atoms with E-state index in [1.165, 1.54) is 27.6 Å². The summed E-state index contributed by atoms with van der Waals surface area (Å²) in [7, 11) is 2.13. The maximum atomic E-state index is 3.64. The van der Waals surface area contributed by atoms with Crippen molar-refractivity contribution < 1.29 is 0 Å². The molecule has 2 heterocycles. The molecule has 4 rings (SSSR count). The number of hydrogen-bond acceptors (Lipinski definition) is 2. The summed E-state index contributed by atoms with van der Waals surface area (Å²) in [5.74, 6) is 0. The second-order valence-electron chi connectivity index (χ2n) is 7.27. The Bertz CT molecular complexity index is 922. The van der Waals surface area contributed by atoms with E-state index >= 15 is 0 Å². The van der Waals surface area contributed by atoms with Crippen molar-refractivity contribution in [1.29, 1.82) is 0 Å². The Morgan fingerprint density at radius 2 is 1.88 bits per heavy atom. The summed E-state index contributed by atoms with van der Waals surface area (Å²) >= 11 is 0. The van der Waals surface area contributed by atoms with Crippen LogP contribution in [0.3, 0.4) is 0 Å². The van der Waals surface area contributed by atoms with Gasteiger partial charge in [0.1, 0.15) is 0 Å². The van der Waals surface area contributed by atoms with Crippen LogP contribution < -0.4 is 5.32 Å². The molecule has 0 radical (unpaired) electrons. The number of benzene rings is 2. The van der Waals surface area contributed by atoms with Crippen molar-refractivity contribution in [2.45, 2.75) is 25.9 Å². The monoisotopic (exact) mass is 345 g/mol. The van der Waals surface area contributed by atoms with E-state index in [2.05, 4.69) is 95.8 Å². The number of fused-ring (bicyclic) bond motifs is 2. The number of nitrogens with zero attached hydrogens (tertiary/aromatic N) is 2. The van der Waals surface area contributed by atoms with E-state index in [1.807, 2.05) is 0 Å². The van der Waals surface area contributed by atoms with Crippen LogP contribution in [0, 0.1) is 0 Å². The SMILES string of the molecule is C[C@H](CNCCc1cn(C)c2ccccc12)N1C=Cc2ccccc2C1. The topological polar surface area (TPSA) is 20.2 Å². The average Bonchev–Trinajstić information content (AvgIpc) is 3.01. The number of aromatic nitrogens is 1. The molecule has 0 fully saturated rings. The Labute approximate surface area is 155 Å². The van der Waals surface area contributed by atoms with Crippen LogP contribution in [0.5, 0.6) is 0 Å². The van der Waals surface area contributed by atoms with Gasteiger partial charge in [-0.3, -0.25) is 0 Å². The van der Waals surface area contributed by atoms with Crippen molar-refractivity contribution >= 4 is 17.0 Å². The van der Waals surface area contributed by atoms with Crippen molar-refractivity contribution in [1.82, 2.24) is 14.8 Å². The average molecular weight is 345 g/mol. The number of aryl methyl sites for hydroxylation is 1. The van der Waals surface area contributed by atoms with Gasteiger partial charge in [0, 0.05) is 49.5 Å². The Hall–Kier alpha value is -2.52. The van der Waals surface area contributed by atoms with Gasteiger partial charge in [0.05, 0.1) is 0 Å². The quantitative estimate of drug-likeness (QED) is 0.676. The molecule has 1 atom stereocenters. The van der Waals surface area contributed by atoms with E-state index < -0.39 is 0 Å². The summed E-state index contributed by atoms with van der Waals surface area (Å²) in [4.78, 5) is 2.42. The molecule has 3 aromatic rings. The van der Waals surface area contributed by atoms with E-state index in [1.54, 1.807) is 0 Å². The first-order valence-electron chi connectivity index (χ1n) is 9.48. The Balaban J connectivity index is 1.30. The molecule has 1 N–H and O–H groups in total. The number of hydrogen-bond donors (Lipinski definition) is 1. The zero-order valence-electron chi connectivity index (χ0n) is 15.7. The van der Waals surface area contributed by atoms with E-state index in [0.29, 0.717) is 6.04 Å². The third kappa shape index (κ3) is 3.40. The molecule has 3 heteroatoms. The summed E-state index contributed by atoms with van der Waals surface area (Å²) in [5.41, 5.74) is 5.50. The lowest BCUT2D eigenvalue weighted by molar-refractivity contribution is 0.275. The van der Waals surface area contributed by atoms with Gasteiger partial charge in [-0.25, -0.2) is 0 Å². The highest BCUT2D eigenvalue weighted by atomic mass is 15.2. The zero-order valence-corrected chi connectivity index (χ0v) is 15.7. The van der Waals surface area contributed by atoms with Gasteiger partial charge in [-0.05, 0) is 48.7 Å². The van der Waals surface area contributed by atoms with Crippen molar-refractivity contribution in [3.8, 4) is 0 Å². The second kappa shape index (κ2) is 7.38. The fraction of sp³-hybridized carbons (Fsp3) is 0.304. The molecule has 1 aliphatic heterocycles. The summed E-state index contributed by atoms with van der Waals surface area (Å²) in [6.07, 6.45) is 7.79. The molecule has 1 aromatic heterocycles. The van der Waals surface area contributed by atoms with Crippen molar-refractivity contribution in [2.75, 3.05) is 13.1 Å². The van der Waals surface area contributed by atoms with Gasteiger partial charge >= 0.3 is 0 Å². The smallest absolute Gasteiger partial charge is 0.0480 e. The Morgan fingerprint density at radius 3 is 2.81 bits per heavy atom. The fourth-order valence-electron chi connectivity index (χ4n) is 3.85. The molecule has 0 amide bonds. The Morgan fingerprint density at radius 1 is 1.08 bits per heavy atom. The highest BCUT2D eigenvalue weighted by Crippen LogP contribution is 2.21. The van der Waals surface area contributed by atoms with Crippen LogP contribution in [-0.2, 0) is 20.0 Å². The van der Waals surface area contributed by atoms with Gasteiger partial charge in [0.15, 0.2) is 0 Å². The van der Waals surface area contributed by atoms with Gasteiger partial charge < -0.3 is 14.8 Å². The summed E-state index contributed by atoms with van der Waals surface area (Å²) in [6.45, 7) is 5.30. The van der Waals surface area contributed by atoms with Gasteiger partial charge in [-0.1, -0.05) is 42.5 Å². The Kier molecular flexibility index (Phi) is 4.81. The highest BCUT2D eigenvalue weighted by molar-refractivity contribution is 5.83. The highest BCUT2D eigenvalue weighted by Gasteiger charge is 2.15. The van der Waals surface area contributed by atoms with E-state index in [4.69, 9.17) is 0 Å². The van der Waals surface area contributed by atoms with E-state index in [9.17, 15) is 0 Å². The van der Waals surface area contributed by atoms with Crippen LogP contribution in [0.4, 0.5) is 0 Å². The molecule has 26 heavy (non-hydrogen) atoms.